The van der Waals surface area contributed by atoms with Crippen molar-refractivity contribution in [1.82, 2.24) is 4.72 Å². The Kier molecular flexibility index (Phi) is 8.50. The molecular formula is C13H25NO6S. The number of carboxylic acid groups (broad SMARTS) is 1. The standard InChI is InChI=1S/C13H25NO6S/c1-9(2)11(5-6-12(15)16)7-8-14-21(18,19)10(3)13(17)20-4/h9-11,14H,5-8H2,1-4H3,(H,15,16). The third-order valence-electron chi connectivity index (χ3n) is 3.49. The van der Waals surface area contributed by atoms with Crippen LogP contribution in [0.3, 0.4) is 0 Å². The van der Waals surface area contributed by atoms with Gasteiger partial charge in [0.15, 0.2) is 5.25 Å². The molecule has 2 atom stereocenters. The van der Waals surface area contributed by atoms with Gasteiger partial charge in [-0.1, -0.05) is 13.8 Å². The molecule has 0 fully saturated rings. The molecule has 0 saturated heterocycles. The Morgan fingerprint density at radius 2 is 1.76 bits per heavy atom. The molecule has 0 aromatic heterocycles. The van der Waals surface area contributed by atoms with Gasteiger partial charge in [0.2, 0.25) is 10.0 Å². The van der Waals surface area contributed by atoms with Gasteiger partial charge >= 0.3 is 11.9 Å². The van der Waals surface area contributed by atoms with Gasteiger partial charge in [-0.25, -0.2) is 13.1 Å². The van der Waals surface area contributed by atoms with Crippen LogP contribution in [0.5, 0.6) is 0 Å². The third-order valence-corrected chi connectivity index (χ3v) is 5.22. The van der Waals surface area contributed by atoms with E-state index in [1.165, 1.54) is 6.92 Å². The zero-order valence-corrected chi connectivity index (χ0v) is 13.8. The number of esters is 1. The summed E-state index contributed by atoms with van der Waals surface area (Å²) in [4.78, 5) is 21.8. The van der Waals surface area contributed by atoms with E-state index in [-0.39, 0.29) is 24.8 Å². The molecule has 0 rings (SSSR count). The molecule has 2 unspecified atom stereocenters. The second-order valence-electron chi connectivity index (χ2n) is 5.33. The van der Waals surface area contributed by atoms with E-state index in [2.05, 4.69) is 9.46 Å². The molecule has 0 heterocycles. The predicted octanol–water partition coefficient (Wildman–Crippen LogP) is 0.994. The maximum Gasteiger partial charge on any atom is 0.325 e. The number of sulfonamides is 1. The van der Waals surface area contributed by atoms with E-state index in [4.69, 9.17) is 5.11 Å². The van der Waals surface area contributed by atoms with Crippen molar-refractivity contribution in [3.05, 3.63) is 0 Å². The molecule has 0 aromatic rings. The van der Waals surface area contributed by atoms with Crippen molar-refractivity contribution < 1.29 is 27.9 Å². The average Bonchev–Trinajstić information content (AvgIpc) is 2.39. The highest BCUT2D eigenvalue weighted by molar-refractivity contribution is 7.90. The number of carboxylic acids is 1. The lowest BCUT2D eigenvalue weighted by Gasteiger charge is -2.20. The Bertz CT molecular complexity index is 446. The van der Waals surface area contributed by atoms with Crippen molar-refractivity contribution in [1.29, 1.82) is 0 Å². The molecule has 0 saturated carbocycles. The number of ether oxygens (including phenoxy) is 1. The molecule has 21 heavy (non-hydrogen) atoms. The third kappa shape index (κ3) is 7.42. The van der Waals surface area contributed by atoms with Gasteiger partial charge < -0.3 is 9.84 Å². The van der Waals surface area contributed by atoms with Crippen molar-refractivity contribution in [2.75, 3.05) is 13.7 Å². The van der Waals surface area contributed by atoms with Crippen LogP contribution in [0.1, 0.15) is 40.0 Å². The number of carbonyl (C=O) groups excluding carboxylic acids is 1. The predicted molar refractivity (Wildman–Crippen MR) is 78.2 cm³/mol. The Hall–Kier alpha value is -1.15. The van der Waals surface area contributed by atoms with E-state index >= 15 is 0 Å². The van der Waals surface area contributed by atoms with Crippen LogP contribution in [-0.4, -0.2) is 44.4 Å². The summed E-state index contributed by atoms with van der Waals surface area (Å²) in [5.41, 5.74) is 0. The summed E-state index contributed by atoms with van der Waals surface area (Å²) in [6.45, 7) is 5.38. The SMILES string of the molecule is COC(=O)C(C)S(=O)(=O)NCCC(CCC(=O)O)C(C)C. The molecule has 0 aliphatic carbocycles. The second-order valence-corrected chi connectivity index (χ2v) is 7.42. The monoisotopic (exact) mass is 323 g/mol. The maximum absolute atomic E-state index is 11.8. The van der Waals surface area contributed by atoms with Crippen LogP contribution in [0.2, 0.25) is 0 Å². The summed E-state index contributed by atoms with van der Waals surface area (Å²) < 4.78 is 30.5. The molecule has 0 radical (unpaired) electrons. The first-order valence-corrected chi connectivity index (χ1v) is 8.44. The maximum atomic E-state index is 11.8. The fraction of sp³-hybridized carbons (Fsp3) is 0.846. The number of hydrogen-bond donors (Lipinski definition) is 2. The van der Waals surface area contributed by atoms with Crippen molar-refractivity contribution in [3.63, 3.8) is 0 Å². The molecule has 0 spiro atoms. The molecule has 0 amide bonds. The van der Waals surface area contributed by atoms with E-state index in [0.717, 1.165) is 7.11 Å². The van der Waals surface area contributed by atoms with Gasteiger partial charge in [0.1, 0.15) is 0 Å². The molecule has 0 bridgehead atoms. The molecule has 8 heteroatoms. The smallest absolute Gasteiger partial charge is 0.325 e. The Labute approximate surface area is 126 Å². The lowest BCUT2D eigenvalue weighted by molar-refractivity contribution is -0.140. The van der Waals surface area contributed by atoms with Gasteiger partial charge in [0, 0.05) is 13.0 Å². The number of rotatable bonds is 10. The molecule has 0 aliphatic heterocycles. The molecule has 2 N–H and O–H groups in total. The topological polar surface area (TPSA) is 110 Å². The summed E-state index contributed by atoms with van der Waals surface area (Å²) in [5, 5.41) is 7.43. The summed E-state index contributed by atoms with van der Waals surface area (Å²) in [7, 11) is -2.63. The van der Waals surface area contributed by atoms with Crippen LogP contribution < -0.4 is 4.72 Å². The first kappa shape index (κ1) is 19.9. The number of nitrogens with one attached hydrogen (secondary N) is 1. The van der Waals surface area contributed by atoms with E-state index in [9.17, 15) is 18.0 Å². The summed E-state index contributed by atoms with van der Waals surface area (Å²) in [5.74, 6) is -1.31. The van der Waals surface area contributed by atoms with Crippen LogP contribution in [0.15, 0.2) is 0 Å². The number of hydrogen-bond acceptors (Lipinski definition) is 5. The van der Waals surface area contributed by atoms with Crippen molar-refractivity contribution in [2.45, 2.75) is 45.3 Å². The van der Waals surface area contributed by atoms with Gasteiger partial charge in [-0.3, -0.25) is 9.59 Å². The summed E-state index contributed by atoms with van der Waals surface area (Å²) in [6.07, 6.45) is 1.09. The van der Waals surface area contributed by atoms with E-state index in [1.54, 1.807) is 0 Å². The number of methoxy groups -OCH3 is 1. The van der Waals surface area contributed by atoms with Crippen LogP contribution in [0.25, 0.3) is 0 Å². The Balaban J connectivity index is 4.43. The molecule has 7 nitrogen and oxygen atoms in total. The van der Waals surface area contributed by atoms with Gasteiger partial charge in [0.05, 0.1) is 7.11 Å². The fourth-order valence-corrected chi connectivity index (χ4v) is 2.93. The highest BCUT2D eigenvalue weighted by atomic mass is 32.2. The molecule has 0 aromatic carbocycles. The zero-order valence-electron chi connectivity index (χ0n) is 13.0. The highest BCUT2D eigenvalue weighted by Gasteiger charge is 2.28. The lowest BCUT2D eigenvalue weighted by atomic mass is 9.88. The minimum atomic E-state index is -3.77. The molecule has 0 aliphatic rings. The first-order valence-electron chi connectivity index (χ1n) is 6.90. The summed E-state index contributed by atoms with van der Waals surface area (Å²) in [6, 6.07) is 0. The first-order chi connectivity index (χ1) is 9.61. The second kappa shape index (κ2) is 8.99. The fourth-order valence-electron chi connectivity index (χ4n) is 1.92. The van der Waals surface area contributed by atoms with Gasteiger partial charge in [-0.2, -0.15) is 0 Å². The van der Waals surface area contributed by atoms with Crippen LogP contribution in [0.4, 0.5) is 0 Å². The quantitative estimate of drug-likeness (QED) is 0.580. The van der Waals surface area contributed by atoms with Gasteiger partial charge in [-0.15, -0.1) is 0 Å². The molecule has 124 valence electrons. The minimum Gasteiger partial charge on any atom is -0.481 e. The van der Waals surface area contributed by atoms with Crippen molar-refractivity contribution in [2.24, 2.45) is 11.8 Å². The van der Waals surface area contributed by atoms with Crippen LogP contribution in [-0.2, 0) is 24.3 Å². The average molecular weight is 323 g/mol. The largest absolute Gasteiger partial charge is 0.481 e. The number of aliphatic carboxylic acids is 1. The van der Waals surface area contributed by atoms with E-state index in [0.29, 0.717) is 12.8 Å². The van der Waals surface area contributed by atoms with Crippen molar-refractivity contribution >= 4 is 22.0 Å². The Morgan fingerprint density at radius 1 is 1.19 bits per heavy atom. The number of carbonyl (C=O) groups is 2. The minimum absolute atomic E-state index is 0.0637. The normalized spacial score (nSPS) is 14.7. The van der Waals surface area contributed by atoms with Crippen LogP contribution in [0, 0.1) is 11.8 Å². The van der Waals surface area contributed by atoms with Crippen molar-refractivity contribution in [3.8, 4) is 0 Å². The van der Waals surface area contributed by atoms with E-state index < -0.39 is 27.2 Å². The van der Waals surface area contributed by atoms with E-state index in [1.807, 2.05) is 13.8 Å². The zero-order chi connectivity index (χ0) is 16.6. The summed E-state index contributed by atoms with van der Waals surface area (Å²) >= 11 is 0. The van der Waals surface area contributed by atoms with Gasteiger partial charge in [0.25, 0.3) is 0 Å². The molecular weight excluding hydrogens is 298 g/mol. The van der Waals surface area contributed by atoms with Crippen LogP contribution >= 0.6 is 0 Å². The highest BCUT2D eigenvalue weighted by Crippen LogP contribution is 2.20. The Morgan fingerprint density at radius 3 is 2.19 bits per heavy atom. The lowest BCUT2D eigenvalue weighted by Crippen LogP contribution is -2.39. The van der Waals surface area contributed by atoms with Gasteiger partial charge in [-0.05, 0) is 31.6 Å².